The van der Waals surface area contributed by atoms with E-state index in [1.54, 1.807) is 31.2 Å². The van der Waals surface area contributed by atoms with E-state index in [1.165, 1.54) is 7.11 Å². The molecule has 0 N–H and O–H groups in total. The van der Waals surface area contributed by atoms with Crippen LogP contribution < -0.4 is 5.63 Å². The van der Waals surface area contributed by atoms with E-state index in [2.05, 4.69) is 4.74 Å². The monoisotopic (exact) mass is 258 g/mol. The van der Waals surface area contributed by atoms with Gasteiger partial charge in [-0.15, -0.1) is 0 Å². The molecular weight excluding hydrogens is 248 g/mol. The molecule has 0 aliphatic carbocycles. The lowest BCUT2D eigenvalue weighted by atomic mass is 10.1. The van der Waals surface area contributed by atoms with Crippen molar-refractivity contribution in [2.45, 2.75) is 6.92 Å². The van der Waals surface area contributed by atoms with Crippen LogP contribution in [0.1, 0.15) is 16.1 Å². The van der Waals surface area contributed by atoms with Gasteiger partial charge in [-0.3, -0.25) is 0 Å². The lowest BCUT2D eigenvalue weighted by Gasteiger charge is -1.98. The maximum absolute atomic E-state index is 11.5. The zero-order valence-corrected chi connectivity index (χ0v) is 10.4. The molecule has 0 radical (unpaired) electrons. The van der Waals surface area contributed by atoms with Gasteiger partial charge in [0.05, 0.1) is 7.11 Å². The summed E-state index contributed by atoms with van der Waals surface area (Å²) in [6.45, 7) is 1.67. The first kappa shape index (κ1) is 11.5. The second-order valence-electron chi connectivity index (χ2n) is 4.21. The van der Waals surface area contributed by atoms with Crippen molar-refractivity contribution < 1.29 is 18.4 Å². The first-order valence-corrected chi connectivity index (χ1v) is 5.65. The third-order valence-electron chi connectivity index (χ3n) is 2.97. The van der Waals surface area contributed by atoms with Crippen LogP contribution in [-0.4, -0.2) is 13.1 Å². The second-order valence-corrected chi connectivity index (χ2v) is 4.21. The highest BCUT2D eigenvalue weighted by atomic mass is 16.5. The number of benzene rings is 1. The Bertz CT molecular complexity index is 853. The van der Waals surface area contributed by atoms with Gasteiger partial charge in [0.1, 0.15) is 11.2 Å². The van der Waals surface area contributed by atoms with Crippen molar-refractivity contribution in [1.82, 2.24) is 0 Å². The fourth-order valence-electron chi connectivity index (χ4n) is 2.01. The minimum Gasteiger partial charge on any atom is -0.463 e. The van der Waals surface area contributed by atoms with E-state index < -0.39 is 5.97 Å². The molecule has 0 bridgehead atoms. The first-order chi connectivity index (χ1) is 9.10. The molecule has 0 saturated heterocycles. The molecule has 0 amide bonds. The summed E-state index contributed by atoms with van der Waals surface area (Å²) in [5.74, 6) is -0.424. The summed E-state index contributed by atoms with van der Waals surface area (Å²) in [5, 5.41) is 1.44. The van der Waals surface area contributed by atoms with Gasteiger partial charge in [-0.05, 0) is 25.1 Å². The normalized spacial score (nSPS) is 11.1. The van der Waals surface area contributed by atoms with E-state index in [9.17, 15) is 9.59 Å². The van der Waals surface area contributed by atoms with E-state index in [0.29, 0.717) is 22.1 Å². The van der Waals surface area contributed by atoms with E-state index in [-0.39, 0.29) is 11.4 Å². The summed E-state index contributed by atoms with van der Waals surface area (Å²) < 4.78 is 15.2. The molecule has 3 rings (SSSR count). The fourth-order valence-corrected chi connectivity index (χ4v) is 2.01. The highest BCUT2D eigenvalue weighted by Gasteiger charge is 2.15. The molecule has 0 aliphatic rings. The quantitative estimate of drug-likeness (QED) is 0.495. The SMILES string of the molecule is COC(=O)c1cc2c(ccc3oc(=O)c(C)cc32)o1. The molecule has 0 fully saturated rings. The second kappa shape index (κ2) is 3.98. The smallest absolute Gasteiger partial charge is 0.373 e. The molecule has 5 heteroatoms. The van der Waals surface area contributed by atoms with Crippen molar-refractivity contribution >= 4 is 27.9 Å². The Morgan fingerprint density at radius 1 is 1.11 bits per heavy atom. The Hall–Kier alpha value is -2.56. The van der Waals surface area contributed by atoms with Crippen molar-refractivity contribution in [3.8, 4) is 0 Å². The molecule has 5 nitrogen and oxygen atoms in total. The maximum atomic E-state index is 11.5. The Morgan fingerprint density at radius 3 is 2.42 bits per heavy atom. The van der Waals surface area contributed by atoms with Crippen LogP contribution in [0.15, 0.2) is 37.9 Å². The number of furan rings is 1. The lowest BCUT2D eigenvalue weighted by Crippen LogP contribution is -2.01. The summed E-state index contributed by atoms with van der Waals surface area (Å²) in [7, 11) is 1.29. The van der Waals surface area contributed by atoms with Gasteiger partial charge in [-0.1, -0.05) is 0 Å². The number of fused-ring (bicyclic) bond motifs is 3. The average molecular weight is 258 g/mol. The summed E-state index contributed by atoms with van der Waals surface area (Å²) in [5.41, 5.74) is 1.13. The number of hydrogen-bond acceptors (Lipinski definition) is 5. The maximum Gasteiger partial charge on any atom is 0.373 e. The molecule has 0 unspecified atom stereocenters. The summed E-state index contributed by atoms with van der Waals surface area (Å²) in [6, 6.07) is 6.61. The van der Waals surface area contributed by atoms with Crippen molar-refractivity contribution in [3.63, 3.8) is 0 Å². The van der Waals surface area contributed by atoms with Gasteiger partial charge in [0.15, 0.2) is 0 Å². The standard InChI is InChI=1S/C14H10O5/c1-7-5-8-9-6-12(14(16)17-2)18-10(9)3-4-11(8)19-13(7)15/h3-6H,1-2H3. The number of rotatable bonds is 1. The van der Waals surface area contributed by atoms with Crippen molar-refractivity contribution in [1.29, 1.82) is 0 Å². The molecule has 1 aromatic carbocycles. The molecule has 0 atom stereocenters. The number of carbonyl (C=O) groups excluding carboxylic acids is 1. The Morgan fingerprint density at radius 2 is 1.74 bits per heavy atom. The van der Waals surface area contributed by atoms with Gasteiger partial charge in [-0.2, -0.15) is 0 Å². The van der Waals surface area contributed by atoms with Gasteiger partial charge in [0, 0.05) is 22.4 Å². The van der Waals surface area contributed by atoms with Gasteiger partial charge in [0.2, 0.25) is 5.76 Å². The van der Waals surface area contributed by atoms with Crippen LogP contribution in [0.5, 0.6) is 0 Å². The van der Waals surface area contributed by atoms with Gasteiger partial charge >= 0.3 is 11.6 Å². The molecule has 3 aromatic rings. The third kappa shape index (κ3) is 1.71. The Balaban J connectivity index is 2.39. The first-order valence-electron chi connectivity index (χ1n) is 5.65. The minimum atomic E-state index is -0.543. The zero-order chi connectivity index (χ0) is 13.6. The predicted octanol–water partition coefficient (Wildman–Crippen LogP) is 2.63. The molecular formula is C14H10O5. The van der Waals surface area contributed by atoms with Crippen LogP contribution in [0.25, 0.3) is 21.9 Å². The average Bonchev–Trinajstić information content (AvgIpc) is 2.84. The summed E-state index contributed by atoms with van der Waals surface area (Å²) in [4.78, 5) is 22.9. The van der Waals surface area contributed by atoms with Crippen molar-refractivity contribution in [3.05, 3.63) is 46.0 Å². The predicted molar refractivity (Wildman–Crippen MR) is 68.3 cm³/mol. The fraction of sp³-hybridized carbons (Fsp3) is 0.143. The van der Waals surface area contributed by atoms with Crippen molar-refractivity contribution in [2.24, 2.45) is 0 Å². The number of aryl methyl sites for hydroxylation is 1. The Labute approximate surface area is 107 Å². The molecule has 2 aromatic heterocycles. The van der Waals surface area contributed by atoms with Gasteiger partial charge in [-0.25, -0.2) is 9.59 Å². The number of hydrogen-bond donors (Lipinski definition) is 0. The van der Waals surface area contributed by atoms with E-state index in [4.69, 9.17) is 8.83 Å². The highest BCUT2D eigenvalue weighted by Crippen LogP contribution is 2.28. The molecule has 96 valence electrons. The van der Waals surface area contributed by atoms with Crippen LogP contribution in [0.3, 0.4) is 0 Å². The van der Waals surface area contributed by atoms with Gasteiger partial charge < -0.3 is 13.6 Å². The van der Waals surface area contributed by atoms with E-state index in [0.717, 1.165) is 5.39 Å². The van der Waals surface area contributed by atoms with Crippen molar-refractivity contribution in [2.75, 3.05) is 7.11 Å². The lowest BCUT2D eigenvalue weighted by molar-refractivity contribution is 0.0567. The van der Waals surface area contributed by atoms with Crippen LogP contribution in [0.4, 0.5) is 0 Å². The topological polar surface area (TPSA) is 69.7 Å². The molecule has 0 spiro atoms. The number of methoxy groups -OCH3 is 1. The molecule has 0 aliphatic heterocycles. The van der Waals surface area contributed by atoms with Gasteiger partial charge in [0.25, 0.3) is 0 Å². The molecule has 0 saturated carbocycles. The largest absolute Gasteiger partial charge is 0.463 e. The highest BCUT2D eigenvalue weighted by molar-refractivity contribution is 6.06. The third-order valence-corrected chi connectivity index (χ3v) is 2.97. The van der Waals surface area contributed by atoms with Crippen LogP contribution >= 0.6 is 0 Å². The van der Waals surface area contributed by atoms with Crippen LogP contribution in [0.2, 0.25) is 0 Å². The van der Waals surface area contributed by atoms with E-state index >= 15 is 0 Å². The summed E-state index contributed by atoms with van der Waals surface area (Å²) >= 11 is 0. The number of esters is 1. The number of carbonyl (C=O) groups is 1. The van der Waals surface area contributed by atoms with Crippen LogP contribution in [0, 0.1) is 6.92 Å². The molecule has 19 heavy (non-hydrogen) atoms. The number of ether oxygens (including phenoxy) is 1. The minimum absolute atomic E-state index is 0.119. The van der Waals surface area contributed by atoms with E-state index in [1.807, 2.05) is 0 Å². The zero-order valence-electron chi connectivity index (χ0n) is 10.4. The Kier molecular flexibility index (Phi) is 2.41. The molecule has 2 heterocycles. The summed E-state index contributed by atoms with van der Waals surface area (Å²) in [6.07, 6.45) is 0. The van der Waals surface area contributed by atoms with Crippen LogP contribution in [-0.2, 0) is 4.74 Å².